The van der Waals surface area contributed by atoms with E-state index < -0.39 is 0 Å². The molecule has 3 nitrogen and oxygen atoms in total. The van der Waals surface area contributed by atoms with Crippen molar-refractivity contribution in [3.8, 4) is 0 Å². The predicted octanol–water partition coefficient (Wildman–Crippen LogP) is 5.23. The van der Waals surface area contributed by atoms with E-state index in [0.29, 0.717) is 5.56 Å². The fraction of sp³-hybridized carbons (Fsp3) is 0.471. The molecule has 0 atom stereocenters. The van der Waals surface area contributed by atoms with E-state index in [9.17, 15) is 4.79 Å². The highest BCUT2D eigenvalue weighted by atomic mass is 79.9. The highest BCUT2D eigenvalue weighted by Gasteiger charge is 2.12. The number of carbonyl (C=O) groups is 1. The standard InChI is InChI=1S/C17H22BrNO2/c1-3-4-5-6-7-8-14-13-10-9-12(17(20)21-2)11-15(13)19-16(14)18/h9-11,19H,3-8H2,1-2H3. The minimum atomic E-state index is -0.302. The number of fused-ring (bicyclic) bond motifs is 1. The van der Waals surface area contributed by atoms with Crippen molar-refractivity contribution in [2.45, 2.75) is 45.4 Å². The fourth-order valence-corrected chi connectivity index (χ4v) is 3.24. The first-order chi connectivity index (χ1) is 10.2. The molecule has 1 heterocycles. The Morgan fingerprint density at radius 3 is 2.71 bits per heavy atom. The molecule has 0 aliphatic rings. The molecule has 4 heteroatoms. The van der Waals surface area contributed by atoms with Gasteiger partial charge in [0.1, 0.15) is 0 Å². The third kappa shape index (κ3) is 3.88. The van der Waals surface area contributed by atoms with E-state index in [-0.39, 0.29) is 5.97 Å². The summed E-state index contributed by atoms with van der Waals surface area (Å²) in [6, 6.07) is 5.69. The molecule has 0 radical (unpaired) electrons. The second-order valence-corrected chi connectivity index (χ2v) is 6.13. The van der Waals surface area contributed by atoms with Gasteiger partial charge in [0.25, 0.3) is 0 Å². The number of rotatable bonds is 7. The normalized spacial score (nSPS) is 11.0. The van der Waals surface area contributed by atoms with Gasteiger partial charge >= 0.3 is 5.97 Å². The van der Waals surface area contributed by atoms with Crippen LogP contribution in [-0.2, 0) is 11.2 Å². The van der Waals surface area contributed by atoms with Gasteiger partial charge in [-0.1, -0.05) is 38.7 Å². The molecule has 0 fully saturated rings. The summed E-state index contributed by atoms with van der Waals surface area (Å²) in [7, 11) is 1.40. The number of aryl methyl sites for hydroxylation is 1. The smallest absolute Gasteiger partial charge is 0.337 e. The number of aromatic amines is 1. The molecule has 2 aromatic rings. The van der Waals surface area contributed by atoms with Crippen molar-refractivity contribution in [1.29, 1.82) is 0 Å². The number of nitrogens with one attached hydrogen (secondary N) is 1. The van der Waals surface area contributed by atoms with Crippen molar-refractivity contribution >= 4 is 32.8 Å². The molecule has 0 saturated heterocycles. The first-order valence-corrected chi connectivity index (χ1v) is 8.35. The van der Waals surface area contributed by atoms with Gasteiger partial charge in [-0.2, -0.15) is 0 Å². The molecule has 21 heavy (non-hydrogen) atoms. The molecule has 0 spiro atoms. The number of unbranched alkanes of at least 4 members (excludes halogenated alkanes) is 4. The topological polar surface area (TPSA) is 42.1 Å². The number of benzene rings is 1. The Morgan fingerprint density at radius 1 is 1.24 bits per heavy atom. The highest BCUT2D eigenvalue weighted by molar-refractivity contribution is 9.10. The number of hydrogen-bond donors (Lipinski definition) is 1. The maximum atomic E-state index is 11.6. The van der Waals surface area contributed by atoms with E-state index >= 15 is 0 Å². The molecule has 0 saturated carbocycles. The van der Waals surface area contributed by atoms with Gasteiger partial charge in [0.2, 0.25) is 0 Å². The van der Waals surface area contributed by atoms with Gasteiger partial charge in [0.05, 0.1) is 17.3 Å². The van der Waals surface area contributed by atoms with Crippen molar-refractivity contribution in [1.82, 2.24) is 4.98 Å². The molecule has 0 aliphatic heterocycles. The second kappa shape index (κ2) is 7.64. The van der Waals surface area contributed by atoms with Crippen LogP contribution in [0.15, 0.2) is 22.8 Å². The van der Waals surface area contributed by atoms with Crippen molar-refractivity contribution in [2.75, 3.05) is 7.11 Å². The average molecular weight is 352 g/mol. The molecular formula is C17H22BrNO2. The maximum absolute atomic E-state index is 11.6. The Hall–Kier alpha value is -1.29. The molecule has 0 aliphatic carbocycles. The molecule has 0 unspecified atom stereocenters. The van der Waals surface area contributed by atoms with E-state index in [2.05, 4.69) is 27.8 Å². The van der Waals surface area contributed by atoms with Crippen LogP contribution in [0.1, 0.15) is 54.9 Å². The van der Waals surface area contributed by atoms with E-state index in [1.54, 1.807) is 0 Å². The van der Waals surface area contributed by atoms with Crippen LogP contribution >= 0.6 is 15.9 Å². The maximum Gasteiger partial charge on any atom is 0.337 e. The molecule has 1 aromatic heterocycles. The van der Waals surface area contributed by atoms with Crippen LogP contribution in [0.3, 0.4) is 0 Å². The Kier molecular flexibility index (Phi) is 5.85. The van der Waals surface area contributed by atoms with E-state index in [4.69, 9.17) is 4.74 Å². The summed E-state index contributed by atoms with van der Waals surface area (Å²) in [6.07, 6.45) is 7.42. The first-order valence-electron chi connectivity index (χ1n) is 7.55. The van der Waals surface area contributed by atoms with Crippen LogP contribution in [0.25, 0.3) is 10.9 Å². The summed E-state index contributed by atoms with van der Waals surface area (Å²) in [5, 5.41) is 1.19. The number of halogens is 1. The zero-order chi connectivity index (χ0) is 15.2. The Balaban J connectivity index is 2.13. The molecule has 1 N–H and O–H groups in total. The van der Waals surface area contributed by atoms with Gasteiger partial charge in [-0.15, -0.1) is 0 Å². The van der Waals surface area contributed by atoms with Crippen LogP contribution < -0.4 is 0 Å². The van der Waals surface area contributed by atoms with Crippen molar-refractivity contribution < 1.29 is 9.53 Å². The van der Waals surface area contributed by atoms with Gasteiger partial charge < -0.3 is 9.72 Å². The summed E-state index contributed by atoms with van der Waals surface area (Å²) in [5.41, 5.74) is 2.86. The first kappa shape index (κ1) is 16.1. The number of methoxy groups -OCH3 is 1. The Morgan fingerprint density at radius 2 is 2.00 bits per heavy atom. The summed E-state index contributed by atoms with van der Waals surface area (Å²) >= 11 is 3.60. The van der Waals surface area contributed by atoms with Crippen molar-refractivity contribution in [2.24, 2.45) is 0 Å². The quantitative estimate of drug-likeness (QED) is 0.548. The number of aromatic nitrogens is 1. The lowest BCUT2D eigenvalue weighted by atomic mass is 10.0. The van der Waals surface area contributed by atoms with Crippen molar-refractivity contribution in [3.63, 3.8) is 0 Å². The van der Waals surface area contributed by atoms with Crippen LogP contribution in [0.4, 0.5) is 0 Å². The van der Waals surface area contributed by atoms with Crippen molar-refractivity contribution in [3.05, 3.63) is 33.9 Å². The Labute approximate surface area is 134 Å². The summed E-state index contributed by atoms with van der Waals surface area (Å²) in [6.45, 7) is 2.23. The second-order valence-electron chi connectivity index (χ2n) is 5.33. The number of ether oxygens (including phenoxy) is 1. The van der Waals surface area contributed by atoms with Gasteiger partial charge in [-0.3, -0.25) is 0 Å². The monoisotopic (exact) mass is 351 g/mol. The number of H-pyrrole nitrogens is 1. The lowest BCUT2D eigenvalue weighted by molar-refractivity contribution is 0.0601. The molecule has 0 bridgehead atoms. The SMILES string of the molecule is CCCCCCCc1c(Br)[nH]c2cc(C(=O)OC)ccc12. The lowest BCUT2D eigenvalue weighted by Crippen LogP contribution is -2.00. The fourth-order valence-electron chi connectivity index (χ4n) is 2.62. The number of carbonyl (C=O) groups excluding carboxylic acids is 1. The van der Waals surface area contributed by atoms with Crippen LogP contribution in [0, 0.1) is 0 Å². The van der Waals surface area contributed by atoms with Crippen LogP contribution in [-0.4, -0.2) is 18.1 Å². The zero-order valence-electron chi connectivity index (χ0n) is 12.7. The summed E-state index contributed by atoms with van der Waals surface area (Å²) < 4.78 is 5.78. The number of esters is 1. The summed E-state index contributed by atoms with van der Waals surface area (Å²) in [4.78, 5) is 14.9. The van der Waals surface area contributed by atoms with Crippen LogP contribution in [0.2, 0.25) is 0 Å². The molecule has 114 valence electrons. The van der Waals surface area contributed by atoms with Gasteiger partial charge in [-0.25, -0.2) is 4.79 Å². The molecule has 2 rings (SSSR count). The molecule has 1 aromatic carbocycles. The minimum absolute atomic E-state index is 0.302. The third-order valence-electron chi connectivity index (χ3n) is 3.81. The van der Waals surface area contributed by atoms with Gasteiger partial charge in [0.15, 0.2) is 0 Å². The Bertz CT molecular complexity index is 619. The van der Waals surface area contributed by atoms with E-state index in [1.165, 1.54) is 50.2 Å². The molecular weight excluding hydrogens is 330 g/mol. The lowest BCUT2D eigenvalue weighted by Gasteiger charge is -2.02. The zero-order valence-corrected chi connectivity index (χ0v) is 14.3. The van der Waals surface area contributed by atoms with Crippen LogP contribution in [0.5, 0.6) is 0 Å². The average Bonchev–Trinajstić information content (AvgIpc) is 2.81. The summed E-state index contributed by atoms with van der Waals surface area (Å²) in [5.74, 6) is -0.302. The largest absolute Gasteiger partial charge is 0.465 e. The predicted molar refractivity (Wildman–Crippen MR) is 89.8 cm³/mol. The number of hydrogen-bond acceptors (Lipinski definition) is 2. The minimum Gasteiger partial charge on any atom is -0.465 e. The molecule has 0 amide bonds. The van der Waals surface area contributed by atoms with E-state index in [0.717, 1.165) is 16.5 Å². The highest BCUT2D eigenvalue weighted by Crippen LogP contribution is 2.29. The third-order valence-corrected chi connectivity index (χ3v) is 4.48. The van der Waals surface area contributed by atoms with E-state index in [1.807, 2.05) is 18.2 Å². The van der Waals surface area contributed by atoms with Gasteiger partial charge in [0, 0.05) is 10.9 Å². The van der Waals surface area contributed by atoms with Gasteiger partial charge in [-0.05, 0) is 46.5 Å².